The highest BCUT2D eigenvalue weighted by molar-refractivity contribution is 7.20. The molecule has 1 aromatic rings. The molecule has 0 fully saturated rings. The van der Waals surface area contributed by atoms with Gasteiger partial charge in [0.25, 0.3) is 0 Å². The predicted molar refractivity (Wildman–Crippen MR) is 82.8 cm³/mol. The van der Waals surface area contributed by atoms with Gasteiger partial charge in [-0.2, -0.15) is 0 Å². The molecule has 2 N–H and O–H groups in total. The number of carboxylic acids is 1. The number of nitrogens with one attached hydrogen (secondary N) is 1. The van der Waals surface area contributed by atoms with Gasteiger partial charge in [-0.05, 0) is 20.8 Å². The van der Waals surface area contributed by atoms with E-state index in [2.05, 4.69) is 15.5 Å². The monoisotopic (exact) mass is 363 g/mol. The summed E-state index contributed by atoms with van der Waals surface area (Å²) in [6.45, 7) is 4.45. The Hall–Kier alpha value is -2.20. The standard InChI is InChI=1S/C12H14ClN3O6S/c1-12(2,3)22-6(18)4-21-16-8(10(19)20)7-9(13)23-11(15-7)14-5-17/h5H,4H2,1-3H3,(H,19,20)(H,14,15,17). The Morgan fingerprint density at radius 3 is 2.65 bits per heavy atom. The molecule has 0 bridgehead atoms. The number of hydrogen-bond acceptors (Lipinski definition) is 8. The fourth-order valence-electron chi connectivity index (χ4n) is 1.26. The average Bonchev–Trinajstić information content (AvgIpc) is 2.73. The number of aromatic nitrogens is 1. The zero-order valence-electron chi connectivity index (χ0n) is 12.5. The summed E-state index contributed by atoms with van der Waals surface area (Å²) in [6.07, 6.45) is 0.371. The normalized spacial score (nSPS) is 11.7. The van der Waals surface area contributed by atoms with Crippen molar-refractivity contribution in [1.29, 1.82) is 0 Å². The SMILES string of the molecule is CC(C)(C)OC(=O)CON=C(C(=O)O)c1nc(NC=O)sc1Cl. The Bertz CT molecular complexity index is 637. The number of carbonyl (C=O) groups excluding carboxylic acids is 2. The second kappa shape index (κ2) is 7.88. The third kappa shape index (κ3) is 6.20. The summed E-state index contributed by atoms with van der Waals surface area (Å²) in [4.78, 5) is 41.5. The minimum absolute atomic E-state index is 0.00336. The molecule has 1 aromatic heterocycles. The molecule has 0 spiro atoms. The number of rotatable bonds is 7. The van der Waals surface area contributed by atoms with Crippen molar-refractivity contribution in [3.8, 4) is 0 Å². The molecule has 0 atom stereocenters. The van der Waals surface area contributed by atoms with Crippen molar-refractivity contribution in [1.82, 2.24) is 4.98 Å². The third-order valence-corrected chi connectivity index (χ3v) is 3.14. The van der Waals surface area contributed by atoms with Crippen LogP contribution in [0.15, 0.2) is 5.16 Å². The quantitative estimate of drug-likeness (QED) is 0.325. The largest absolute Gasteiger partial charge is 0.476 e. The zero-order valence-corrected chi connectivity index (χ0v) is 14.0. The lowest BCUT2D eigenvalue weighted by Gasteiger charge is -2.18. The molecule has 0 unspecified atom stereocenters. The van der Waals surface area contributed by atoms with E-state index >= 15 is 0 Å². The maximum atomic E-state index is 11.5. The van der Waals surface area contributed by atoms with E-state index in [1.807, 2.05) is 0 Å². The van der Waals surface area contributed by atoms with Crippen LogP contribution in [0.5, 0.6) is 0 Å². The number of anilines is 1. The first-order chi connectivity index (χ1) is 10.6. The molecule has 0 aliphatic heterocycles. The number of hydrogen-bond donors (Lipinski definition) is 2. The van der Waals surface area contributed by atoms with E-state index in [9.17, 15) is 14.4 Å². The Morgan fingerprint density at radius 1 is 1.48 bits per heavy atom. The summed E-state index contributed by atoms with van der Waals surface area (Å²) in [7, 11) is 0. The van der Waals surface area contributed by atoms with Crippen molar-refractivity contribution in [2.75, 3.05) is 11.9 Å². The van der Waals surface area contributed by atoms with Crippen molar-refractivity contribution in [2.24, 2.45) is 5.16 Å². The summed E-state index contributed by atoms with van der Waals surface area (Å²) < 4.78 is 4.97. The van der Waals surface area contributed by atoms with E-state index in [1.54, 1.807) is 20.8 Å². The van der Waals surface area contributed by atoms with Crippen LogP contribution in [0, 0.1) is 0 Å². The highest BCUT2D eigenvalue weighted by Crippen LogP contribution is 2.28. The molecule has 0 aromatic carbocycles. The molecular formula is C12H14ClN3O6S. The number of esters is 1. The molecule has 1 heterocycles. The van der Waals surface area contributed by atoms with Crippen LogP contribution in [0.4, 0.5) is 5.13 Å². The molecule has 0 aliphatic carbocycles. The van der Waals surface area contributed by atoms with E-state index in [0.717, 1.165) is 11.3 Å². The Morgan fingerprint density at radius 2 is 2.13 bits per heavy atom. The molecule has 0 saturated carbocycles. The van der Waals surface area contributed by atoms with Gasteiger partial charge < -0.3 is 20.0 Å². The van der Waals surface area contributed by atoms with Gasteiger partial charge in [-0.15, -0.1) is 0 Å². The number of oxime groups is 1. The van der Waals surface area contributed by atoms with E-state index in [1.165, 1.54) is 0 Å². The molecule has 1 amide bonds. The summed E-state index contributed by atoms with van der Waals surface area (Å²) >= 11 is 6.71. The van der Waals surface area contributed by atoms with Gasteiger partial charge in [0, 0.05) is 0 Å². The summed E-state index contributed by atoms with van der Waals surface area (Å²) in [5.74, 6) is -2.17. The van der Waals surface area contributed by atoms with E-state index in [-0.39, 0.29) is 15.2 Å². The Labute approximate surface area is 140 Å². The first-order valence-electron chi connectivity index (χ1n) is 6.16. The van der Waals surface area contributed by atoms with Crippen molar-refractivity contribution < 1.29 is 29.1 Å². The van der Waals surface area contributed by atoms with Gasteiger partial charge in [-0.1, -0.05) is 28.1 Å². The van der Waals surface area contributed by atoms with Crippen molar-refractivity contribution in [2.45, 2.75) is 26.4 Å². The maximum Gasteiger partial charge on any atom is 0.360 e. The minimum atomic E-state index is -1.46. The molecule has 0 aliphatic rings. The molecule has 23 heavy (non-hydrogen) atoms. The molecule has 126 valence electrons. The van der Waals surface area contributed by atoms with Crippen LogP contribution in [-0.4, -0.2) is 46.4 Å². The zero-order chi connectivity index (χ0) is 17.6. The summed E-state index contributed by atoms with van der Waals surface area (Å²) in [6, 6.07) is 0. The lowest BCUT2D eigenvalue weighted by Crippen LogP contribution is -2.26. The molecular weight excluding hydrogens is 350 g/mol. The number of ether oxygens (including phenoxy) is 1. The van der Waals surface area contributed by atoms with Crippen molar-refractivity contribution >= 4 is 52.1 Å². The number of nitrogens with zero attached hydrogens (tertiary/aromatic N) is 2. The summed E-state index contributed by atoms with van der Waals surface area (Å²) in [5.41, 5.74) is -1.49. The van der Waals surface area contributed by atoms with Crippen molar-refractivity contribution in [3.05, 3.63) is 10.0 Å². The fourth-order valence-corrected chi connectivity index (χ4v) is 2.27. The Balaban J connectivity index is 2.84. The van der Waals surface area contributed by atoms with Gasteiger partial charge in [0.1, 0.15) is 15.6 Å². The highest BCUT2D eigenvalue weighted by atomic mass is 35.5. The van der Waals surface area contributed by atoms with E-state index < -0.39 is 29.9 Å². The molecule has 0 saturated heterocycles. The van der Waals surface area contributed by atoms with Gasteiger partial charge in [0.2, 0.25) is 18.7 Å². The number of aliphatic carboxylic acids is 1. The number of amides is 1. The lowest BCUT2D eigenvalue weighted by molar-refractivity contribution is -0.160. The highest BCUT2D eigenvalue weighted by Gasteiger charge is 2.23. The molecule has 0 radical (unpaired) electrons. The van der Waals surface area contributed by atoms with Crippen LogP contribution in [0.2, 0.25) is 4.34 Å². The second-order valence-corrected chi connectivity index (χ2v) is 6.61. The lowest BCUT2D eigenvalue weighted by atomic mass is 10.2. The molecule has 9 nitrogen and oxygen atoms in total. The van der Waals surface area contributed by atoms with Crippen molar-refractivity contribution in [3.63, 3.8) is 0 Å². The van der Waals surface area contributed by atoms with Gasteiger partial charge >= 0.3 is 11.9 Å². The van der Waals surface area contributed by atoms with Crippen LogP contribution in [0.1, 0.15) is 26.5 Å². The predicted octanol–water partition coefficient (Wildman–Crippen LogP) is 1.51. The van der Waals surface area contributed by atoms with Gasteiger partial charge in [-0.25, -0.2) is 14.6 Å². The smallest absolute Gasteiger partial charge is 0.360 e. The molecule has 11 heteroatoms. The number of thiazole rings is 1. The van der Waals surface area contributed by atoms with Gasteiger partial charge in [-0.3, -0.25) is 4.79 Å². The molecule has 1 rings (SSSR count). The topological polar surface area (TPSA) is 127 Å². The second-order valence-electron chi connectivity index (χ2n) is 5.01. The average molecular weight is 364 g/mol. The number of carbonyl (C=O) groups is 3. The maximum absolute atomic E-state index is 11.5. The van der Waals surface area contributed by atoms with Crippen LogP contribution in [0.3, 0.4) is 0 Å². The first kappa shape index (κ1) is 18.8. The van der Waals surface area contributed by atoms with Crippen LogP contribution >= 0.6 is 22.9 Å². The fraction of sp³-hybridized carbons (Fsp3) is 0.417. The summed E-state index contributed by atoms with van der Waals surface area (Å²) in [5, 5.41) is 14.8. The van der Waals surface area contributed by atoms with Crippen LogP contribution in [0.25, 0.3) is 0 Å². The van der Waals surface area contributed by atoms with E-state index in [0.29, 0.717) is 6.41 Å². The first-order valence-corrected chi connectivity index (χ1v) is 7.35. The van der Waals surface area contributed by atoms with Gasteiger partial charge in [0.05, 0.1) is 0 Å². The Kier molecular flexibility index (Phi) is 6.46. The van der Waals surface area contributed by atoms with E-state index in [4.69, 9.17) is 26.3 Å². The van der Waals surface area contributed by atoms with Gasteiger partial charge in [0.15, 0.2) is 5.13 Å². The van der Waals surface area contributed by atoms with Crippen LogP contribution < -0.4 is 5.32 Å². The number of halogens is 1. The van der Waals surface area contributed by atoms with Crippen LogP contribution in [-0.2, 0) is 24.0 Å². The third-order valence-electron chi connectivity index (χ3n) is 1.95. The number of carboxylic acid groups (broad SMARTS) is 1. The minimum Gasteiger partial charge on any atom is -0.476 e.